The Hall–Kier alpha value is -3.51. The molecule has 3 aromatic rings. The average molecular weight is 391 g/mol. The maximum Gasteiger partial charge on any atom is 0.251 e. The van der Waals surface area contributed by atoms with Gasteiger partial charge in [-0.15, -0.1) is 0 Å². The van der Waals surface area contributed by atoms with Crippen LogP contribution in [0.2, 0.25) is 0 Å². The van der Waals surface area contributed by atoms with Gasteiger partial charge in [-0.3, -0.25) is 4.79 Å². The number of halogens is 1. The first kappa shape index (κ1) is 20.2. The second kappa shape index (κ2) is 9.12. The fourth-order valence-electron chi connectivity index (χ4n) is 3.15. The van der Waals surface area contributed by atoms with Crippen molar-refractivity contribution in [1.82, 2.24) is 5.32 Å². The highest BCUT2D eigenvalue weighted by Crippen LogP contribution is 2.25. The molecule has 6 heteroatoms. The highest BCUT2D eigenvalue weighted by atomic mass is 19.1. The van der Waals surface area contributed by atoms with Gasteiger partial charge < -0.3 is 21.6 Å². The molecule has 1 atom stereocenters. The number of rotatable bonds is 7. The van der Waals surface area contributed by atoms with Gasteiger partial charge >= 0.3 is 0 Å². The molecule has 0 fully saturated rings. The van der Waals surface area contributed by atoms with Crippen molar-refractivity contribution < 1.29 is 14.3 Å². The lowest BCUT2D eigenvalue weighted by atomic mass is 9.99. The SMILES string of the molecule is N=Cc1cc(-c2cccc(C(=O)NC(CCO)c3ccccc3F)c2)ccc1N. The summed E-state index contributed by atoms with van der Waals surface area (Å²) in [5.74, 6) is -0.794. The van der Waals surface area contributed by atoms with Crippen LogP contribution >= 0.6 is 0 Å². The Balaban J connectivity index is 1.87. The van der Waals surface area contributed by atoms with E-state index in [9.17, 15) is 14.3 Å². The first-order valence-corrected chi connectivity index (χ1v) is 9.20. The summed E-state index contributed by atoms with van der Waals surface area (Å²) in [7, 11) is 0. The molecule has 29 heavy (non-hydrogen) atoms. The van der Waals surface area contributed by atoms with Gasteiger partial charge in [0.2, 0.25) is 0 Å². The Kier molecular flexibility index (Phi) is 6.36. The lowest BCUT2D eigenvalue weighted by molar-refractivity contribution is 0.0929. The van der Waals surface area contributed by atoms with Crippen LogP contribution in [-0.4, -0.2) is 23.8 Å². The summed E-state index contributed by atoms with van der Waals surface area (Å²) in [5.41, 5.74) is 9.32. The molecule has 1 amide bonds. The summed E-state index contributed by atoms with van der Waals surface area (Å²) in [6, 6.07) is 17.9. The molecule has 0 saturated heterocycles. The average Bonchev–Trinajstić information content (AvgIpc) is 2.74. The molecule has 148 valence electrons. The van der Waals surface area contributed by atoms with Gasteiger partial charge in [-0.05, 0) is 47.9 Å². The van der Waals surface area contributed by atoms with Gasteiger partial charge in [-0.25, -0.2) is 4.39 Å². The highest BCUT2D eigenvalue weighted by Gasteiger charge is 2.18. The Morgan fingerprint density at radius 2 is 1.86 bits per heavy atom. The number of hydrogen-bond donors (Lipinski definition) is 4. The zero-order valence-electron chi connectivity index (χ0n) is 15.7. The number of carbonyl (C=O) groups excluding carboxylic acids is 1. The Labute approximate surface area is 168 Å². The van der Waals surface area contributed by atoms with Crippen LogP contribution in [0.3, 0.4) is 0 Å². The number of nitrogens with one attached hydrogen (secondary N) is 2. The van der Waals surface area contributed by atoms with E-state index in [1.54, 1.807) is 48.5 Å². The summed E-state index contributed by atoms with van der Waals surface area (Å²) >= 11 is 0. The highest BCUT2D eigenvalue weighted by molar-refractivity contribution is 5.96. The van der Waals surface area contributed by atoms with Crippen LogP contribution in [0.1, 0.15) is 33.9 Å². The minimum Gasteiger partial charge on any atom is -0.398 e. The van der Waals surface area contributed by atoms with Crippen LogP contribution in [0, 0.1) is 11.2 Å². The van der Waals surface area contributed by atoms with Crippen LogP contribution in [0.5, 0.6) is 0 Å². The van der Waals surface area contributed by atoms with E-state index in [1.165, 1.54) is 12.3 Å². The number of aliphatic hydroxyl groups is 1. The fourth-order valence-corrected chi connectivity index (χ4v) is 3.15. The van der Waals surface area contributed by atoms with E-state index < -0.39 is 11.9 Å². The van der Waals surface area contributed by atoms with E-state index in [0.29, 0.717) is 22.4 Å². The first-order chi connectivity index (χ1) is 14.0. The molecular weight excluding hydrogens is 369 g/mol. The Morgan fingerprint density at radius 1 is 1.10 bits per heavy atom. The van der Waals surface area contributed by atoms with Crippen LogP contribution < -0.4 is 11.1 Å². The van der Waals surface area contributed by atoms with Crippen molar-refractivity contribution in [2.75, 3.05) is 12.3 Å². The van der Waals surface area contributed by atoms with Gasteiger partial charge in [-0.1, -0.05) is 36.4 Å². The van der Waals surface area contributed by atoms with Gasteiger partial charge in [-0.2, -0.15) is 0 Å². The molecule has 0 saturated carbocycles. The molecule has 0 aliphatic heterocycles. The van der Waals surface area contributed by atoms with Crippen molar-refractivity contribution in [2.24, 2.45) is 0 Å². The van der Waals surface area contributed by atoms with Gasteiger partial charge in [0.15, 0.2) is 0 Å². The van der Waals surface area contributed by atoms with Crippen molar-refractivity contribution in [2.45, 2.75) is 12.5 Å². The molecule has 0 aliphatic rings. The van der Waals surface area contributed by atoms with Gasteiger partial charge in [0.25, 0.3) is 5.91 Å². The lowest BCUT2D eigenvalue weighted by Gasteiger charge is -2.19. The second-order valence-electron chi connectivity index (χ2n) is 6.63. The monoisotopic (exact) mass is 391 g/mol. The summed E-state index contributed by atoms with van der Waals surface area (Å²) in [5, 5.41) is 19.6. The van der Waals surface area contributed by atoms with E-state index in [2.05, 4.69) is 5.32 Å². The molecule has 0 aliphatic carbocycles. The predicted octanol–water partition coefficient (Wildman–Crippen LogP) is 3.93. The van der Waals surface area contributed by atoms with Gasteiger partial charge in [0.05, 0.1) is 6.04 Å². The third kappa shape index (κ3) is 4.67. The standard InChI is InChI=1S/C23H22FN3O2/c24-20-7-2-1-6-19(20)22(10-11-28)27-23(29)17-5-3-4-15(12-17)16-8-9-21(26)18(13-16)14-25/h1-9,12-14,22,25,28H,10-11,26H2,(H,27,29). The fraction of sp³-hybridized carbons (Fsp3) is 0.130. The van der Waals surface area contributed by atoms with Gasteiger partial charge in [0, 0.05) is 35.2 Å². The van der Waals surface area contributed by atoms with Crippen LogP contribution in [0.15, 0.2) is 66.7 Å². The minimum absolute atomic E-state index is 0.183. The van der Waals surface area contributed by atoms with E-state index in [0.717, 1.165) is 11.1 Å². The largest absolute Gasteiger partial charge is 0.398 e. The summed E-state index contributed by atoms with van der Waals surface area (Å²) in [6.45, 7) is -0.183. The van der Waals surface area contributed by atoms with E-state index in [1.807, 2.05) is 12.1 Å². The summed E-state index contributed by atoms with van der Waals surface area (Å²) < 4.78 is 14.1. The Bertz CT molecular complexity index is 1040. The number of amides is 1. The van der Waals surface area contributed by atoms with Crippen molar-refractivity contribution in [1.29, 1.82) is 5.41 Å². The number of nitrogens with two attached hydrogens (primary N) is 1. The number of benzene rings is 3. The third-order valence-corrected chi connectivity index (χ3v) is 4.70. The minimum atomic E-state index is -0.640. The van der Waals surface area contributed by atoms with Crippen molar-refractivity contribution in [3.8, 4) is 11.1 Å². The molecule has 0 bridgehead atoms. The summed E-state index contributed by atoms with van der Waals surface area (Å²) in [4.78, 5) is 12.8. The molecule has 3 rings (SSSR count). The van der Waals surface area contributed by atoms with E-state index in [-0.39, 0.29) is 18.9 Å². The number of anilines is 1. The maximum atomic E-state index is 14.1. The number of hydrogen-bond acceptors (Lipinski definition) is 4. The van der Waals surface area contributed by atoms with Crippen molar-refractivity contribution in [3.63, 3.8) is 0 Å². The van der Waals surface area contributed by atoms with E-state index >= 15 is 0 Å². The van der Waals surface area contributed by atoms with Gasteiger partial charge in [0.1, 0.15) is 5.82 Å². The molecule has 5 nitrogen and oxygen atoms in total. The van der Waals surface area contributed by atoms with E-state index in [4.69, 9.17) is 11.1 Å². The molecule has 0 spiro atoms. The molecule has 0 heterocycles. The lowest BCUT2D eigenvalue weighted by Crippen LogP contribution is -2.29. The quantitative estimate of drug-likeness (QED) is 0.363. The third-order valence-electron chi connectivity index (χ3n) is 4.70. The van der Waals surface area contributed by atoms with Crippen molar-refractivity contribution >= 4 is 17.8 Å². The topological polar surface area (TPSA) is 99.2 Å². The first-order valence-electron chi connectivity index (χ1n) is 9.20. The smallest absolute Gasteiger partial charge is 0.251 e. The number of nitrogen functional groups attached to an aromatic ring is 1. The molecule has 3 aromatic carbocycles. The van der Waals surface area contributed by atoms with Crippen LogP contribution in [0.4, 0.5) is 10.1 Å². The number of carbonyl (C=O) groups is 1. The number of aliphatic hydroxyl groups excluding tert-OH is 1. The second-order valence-corrected chi connectivity index (χ2v) is 6.63. The summed E-state index contributed by atoms with van der Waals surface area (Å²) in [6.07, 6.45) is 1.39. The molecule has 0 aromatic heterocycles. The molecule has 1 unspecified atom stereocenters. The van der Waals surface area contributed by atoms with Crippen LogP contribution in [-0.2, 0) is 0 Å². The zero-order chi connectivity index (χ0) is 20.8. The molecule has 0 radical (unpaired) electrons. The van der Waals surface area contributed by atoms with Crippen molar-refractivity contribution in [3.05, 3.63) is 89.2 Å². The van der Waals surface area contributed by atoms with Crippen LogP contribution in [0.25, 0.3) is 11.1 Å². The molecular formula is C23H22FN3O2. The zero-order valence-corrected chi connectivity index (χ0v) is 15.7. The normalized spacial score (nSPS) is 11.7. The molecule has 5 N–H and O–H groups in total. The predicted molar refractivity (Wildman–Crippen MR) is 112 cm³/mol. The maximum absolute atomic E-state index is 14.1. The Morgan fingerprint density at radius 3 is 2.59 bits per heavy atom.